The smallest absolute Gasteiger partial charge is 0.300 e. The van der Waals surface area contributed by atoms with Crippen molar-refractivity contribution in [1.29, 1.82) is 0 Å². The molecule has 12 nitrogen and oxygen atoms in total. The van der Waals surface area contributed by atoms with Gasteiger partial charge in [0.05, 0.1) is 18.0 Å². The number of nitrogens with two attached hydrogens (primary N) is 1. The lowest BCUT2D eigenvalue weighted by Gasteiger charge is -2.36. The van der Waals surface area contributed by atoms with Crippen molar-refractivity contribution in [1.82, 2.24) is 34.4 Å². The Morgan fingerprint density at radius 3 is 2.21 bits per heavy atom. The summed E-state index contributed by atoms with van der Waals surface area (Å²) in [5.41, 5.74) is 8.73. The first-order valence-electron chi connectivity index (χ1n) is 14.5. The van der Waals surface area contributed by atoms with Crippen LogP contribution in [-0.2, 0) is 9.59 Å². The van der Waals surface area contributed by atoms with Gasteiger partial charge < -0.3 is 25.4 Å². The summed E-state index contributed by atoms with van der Waals surface area (Å²) in [4.78, 5) is 37.4. The minimum absolute atomic E-state index is 0.129. The SMILES string of the molecule is CC(=O)O.CN1CCN(CC(=O)N2CCC(n3nc(-c4ccc(Oc5ccccc5)cc4)c4c(N)ncnc43)CC2)CC1. The first-order valence-corrected chi connectivity index (χ1v) is 14.5. The van der Waals surface area contributed by atoms with Crippen molar-refractivity contribution in [2.75, 3.05) is 58.6 Å². The number of hydrogen-bond donors (Lipinski definition) is 2. The Morgan fingerprint density at radius 2 is 1.56 bits per heavy atom. The van der Waals surface area contributed by atoms with E-state index in [4.69, 9.17) is 25.5 Å². The van der Waals surface area contributed by atoms with E-state index in [1.165, 1.54) is 6.33 Å². The molecule has 4 aromatic rings. The quantitative estimate of drug-likeness (QED) is 0.345. The van der Waals surface area contributed by atoms with Gasteiger partial charge in [0.15, 0.2) is 5.65 Å². The number of carboxylic acids is 1. The van der Waals surface area contributed by atoms with E-state index in [1.807, 2.05) is 64.2 Å². The summed E-state index contributed by atoms with van der Waals surface area (Å²) >= 11 is 0. The average Bonchev–Trinajstić information content (AvgIpc) is 3.40. The third kappa shape index (κ3) is 7.46. The number of carbonyl (C=O) groups is 2. The third-order valence-electron chi connectivity index (χ3n) is 7.74. The maximum Gasteiger partial charge on any atom is 0.300 e. The summed E-state index contributed by atoms with van der Waals surface area (Å²) in [6.45, 7) is 6.92. The van der Waals surface area contributed by atoms with Gasteiger partial charge in [-0.3, -0.25) is 14.5 Å². The minimum atomic E-state index is -0.833. The molecule has 0 unspecified atom stereocenters. The Balaban J connectivity index is 0.000000868. The molecule has 2 aromatic heterocycles. The Labute approximate surface area is 250 Å². The van der Waals surface area contributed by atoms with Gasteiger partial charge in [-0.15, -0.1) is 0 Å². The van der Waals surface area contributed by atoms with Crippen molar-refractivity contribution in [2.45, 2.75) is 25.8 Å². The van der Waals surface area contributed by atoms with Crippen molar-refractivity contribution in [3.05, 3.63) is 60.9 Å². The van der Waals surface area contributed by atoms with E-state index in [9.17, 15) is 4.79 Å². The lowest BCUT2D eigenvalue weighted by Crippen LogP contribution is -2.50. The molecular formula is C31H38N8O4. The van der Waals surface area contributed by atoms with Crippen LogP contribution in [-0.4, -0.2) is 104 Å². The van der Waals surface area contributed by atoms with Crippen LogP contribution in [0.2, 0.25) is 0 Å². The van der Waals surface area contributed by atoms with Gasteiger partial charge in [-0.1, -0.05) is 18.2 Å². The number of carboxylic acid groups (broad SMARTS) is 1. The van der Waals surface area contributed by atoms with Crippen LogP contribution in [0.1, 0.15) is 25.8 Å². The highest BCUT2D eigenvalue weighted by molar-refractivity contribution is 5.98. The van der Waals surface area contributed by atoms with E-state index in [0.717, 1.165) is 79.7 Å². The van der Waals surface area contributed by atoms with Gasteiger partial charge in [0.1, 0.15) is 29.3 Å². The molecular weight excluding hydrogens is 548 g/mol. The molecule has 226 valence electrons. The maximum atomic E-state index is 13.0. The average molecular weight is 587 g/mol. The first-order chi connectivity index (χ1) is 20.8. The highest BCUT2D eigenvalue weighted by Crippen LogP contribution is 2.35. The number of nitrogen functional groups attached to an aromatic ring is 1. The fourth-order valence-electron chi connectivity index (χ4n) is 5.41. The van der Waals surface area contributed by atoms with Gasteiger partial charge in [-0.25, -0.2) is 14.6 Å². The Kier molecular flexibility index (Phi) is 9.48. The molecule has 2 aromatic carbocycles. The summed E-state index contributed by atoms with van der Waals surface area (Å²) in [5, 5.41) is 13.2. The number of likely N-dealkylation sites (N-methyl/N-ethyl adjacent to an activating group) is 1. The second-order valence-corrected chi connectivity index (χ2v) is 10.9. The lowest BCUT2D eigenvalue weighted by molar-refractivity contribution is -0.135. The number of likely N-dealkylation sites (tertiary alicyclic amines) is 1. The summed E-state index contributed by atoms with van der Waals surface area (Å²) in [5.74, 6) is 1.32. The number of hydrogen-bond acceptors (Lipinski definition) is 9. The number of fused-ring (bicyclic) bond motifs is 1. The third-order valence-corrected chi connectivity index (χ3v) is 7.74. The van der Waals surface area contributed by atoms with Gasteiger partial charge in [-0.2, -0.15) is 5.10 Å². The fraction of sp³-hybridized carbons (Fsp3) is 0.387. The van der Waals surface area contributed by atoms with E-state index in [2.05, 4.69) is 26.8 Å². The Bertz CT molecular complexity index is 1520. The molecule has 0 spiro atoms. The van der Waals surface area contributed by atoms with E-state index < -0.39 is 5.97 Å². The van der Waals surface area contributed by atoms with E-state index >= 15 is 0 Å². The van der Waals surface area contributed by atoms with Crippen molar-refractivity contribution in [3.8, 4) is 22.8 Å². The van der Waals surface area contributed by atoms with Crippen LogP contribution >= 0.6 is 0 Å². The number of aromatic nitrogens is 4. The number of ether oxygens (including phenoxy) is 1. The van der Waals surface area contributed by atoms with Gasteiger partial charge in [0.2, 0.25) is 5.91 Å². The van der Waals surface area contributed by atoms with Crippen molar-refractivity contribution < 1.29 is 19.4 Å². The number of benzene rings is 2. The maximum absolute atomic E-state index is 13.0. The molecule has 2 saturated heterocycles. The molecule has 43 heavy (non-hydrogen) atoms. The molecule has 0 atom stereocenters. The first kappa shape index (κ1) is 29.9. The minimum Gasteiger partial charge on any atom is -0.481 e. The molecule has 0 saturated carbocycles. The Morgan fingerprint density at radius 1 is 0.930 bits per heavy atom. The van der Waals surface area contributed by atoms with Crippen LogP contribution in [0.15, 0.2) is 60.9 Å². The molecule has 0 bridgehead atoms. The standard InChI is InChI=1S/C29H34N8O2.C2H4O2/c1-34-15-17-35(18-16-34)19-25(38)36-13-11-22(12-14-36)37-29-26(28(30)31-20-32-29)27(33-37)21-7-9-24(10-8-21)39-23-5-3-2-4-6-23;1-2(3)4/h2-10,20,22H,11-19H2,1H3,(H2,30,31,32);1H3,(H,3,4). The topological polar surface area (TPSA) is 143 Å². The van der Waals surface area contributed by atoms with Crippen LogP contribution in [0.25, 0.3) is 22.3 Å². The summed E-state index contributed by atoms with van der Waals surface area (Å²) in [6.07, 6.45) is 3.13. The van der Waals surface area contributed by atoms with Crippen LogP contribution < -0.4 is 10.5 Å². The van der Waals surface area contributed by atoms with E-state index in [0.29, 0.717) is 25.5 Å². The predicted molar refractivity (Wildman–Crippen MR) is 164 cm³/mol. The molecule has 12 heteroatoms. The zero-order valence-electron chi connectivity index (χ0n) is 24.6. The number of nitrogens with zero attached hydrogens (tertiary/aromatic N) is 7. The molecule has 6 rings (SSSR count). The van der Waals surface area contributed by atoms with Crippen molar-refractivity contribution >= 4 is 28.7 Å². The Hall–Kier alpha value is -4.55. The number of piperazine rings is 1. The second kappa shape index (κ2) is 13.6. The molecule has 2 aliphatic rings. The van der Waals surface area contributed by atoms with Crippen molar-refractivity contribution in [3.63, 3.8) is 0 Å². The summed E-state index contributed by atoms with van der Waals surface area (Å²) < 4.78 is 7.94. The van der Waals surface area contributed by atoms with E-state index in [-0.39, 0.29) is 11.9 Å². The number of rotatable bonds is 6. The number of piperidine rings is 1. The van der Waals surface area contributed by atoms with Gasteiger partial charge >= 0.3 is 0 Å². The van der Waals surface area contributed by atoms with Crippen LogP contribution in [0, 0.1) is 0 Å². The lowest BCUT2D eigenvalue weighted by atomic mass is 10.0. The monoisotopic (exact) mass is 586 g/mol. The largest absolute Gasteiger partial charge is 0.481 e. The molecule has 1 amide bonds. The zero-order valence-corrected chi connectivity index (χ0v) is 24.6. The number of anilines is 1. The fourth-order valence-corrected chi connectivity index (χ4v) is 5.41. The van der Waals surface area contributed by atoms with Crippen LogP contribution in [0.4, 0.5) is 5.82 Å². The molecule has 0 aliphatic carbocycles. The number of carbonyl (C=O) groups excluding carboxylic acids is 1. The molecule has 4 heterocycles. The second-order valence-electron chi connectivity index (χ2n) is 10.9. The number of para-hydroxylation sites is 1. The van der Waals surface area contributed by atoms with Gasteiger partial charge in [0.25, 0.3) is 5.97 Å². The summed E-state index contributed by atoms with van der Waals surface area (Å²) in [6, 6.07) is 17.6. The van der Waals surface area contributed by atoms with Crippen LogP contribution in [0.3, 0.4) is 0 Å². The predicted octanol–water partition coefficient (Wildman–Crippen LogP) is 3.37. The molecule has 0 radical (unpaired) electrons. The highest BCUT2D eigenvalue weighted by atomic mass is 16.5. The highest BCUT2D eigenvalue weighted by Gasteiger charge is 2.29. The normalized spacial score (nSPS) is 16.5. The number of amides is 1. The van der Waals surface area contributed by atoms with Crippen LogP contribution in [0.5, 0.6) is 11.5 Å². The van der Waals surface area contributed by atoms with E-state index in [1.54, 1.807) is 0 Å². The molecule has 2 fully saturated rings. The summed E-state index contributed by atoms with van der Waals surface area (Å²) in [7, 11) is 2.13. The zero-order chi connectivity index (χ0) is 30.3. The van der Waals surface area contributed by atoms with Gasteiger partial charge in [0, 0.05) is 51.8 Å². The van der Waals surface area contributed by atoms with Gasteiger partial charge in [-0.05, 0) is 56.3 Å². The number of aliphatic carboxylic acids is 1. The molecule has 3 N–H and O–H groups in total. The molecule has 2 aliphatic heterocycles. The van der Waals surface area contributed by atoms with Crippen molar-refractivity contribution in [2.24, 2.45) is 0 Å².